The maximum Gasteiger partial charge on any atom is 0.306 e. The van der Waals surface area contributed by atoms with Crippen LogP contribution >= 0.6 is 0 Å². The Labute approximate surface area is 106 Å². The van der Waals surface area contributed by atoms with Crippen LogP contribution in [-0.4, -0.2) is 11.1 Å². The lowest BCUT2D eigenvalue weighted by atomic mass is 9.48. The summed E-state index contributed by atoms with van der Waals surface area (Å²) in [6.45, 7) is 13.8. The highest BCUT2D eigenvalue weighted by molar-refractivity contribution is 5.70. The molecule has 0 aliphatic heterocycles. The Morgan fingerprint density at radius 1 is 1.00 bits per heavy atom. The van der Waals surface area contributed by atoms with Crippen molar-refractivity contribution >= 4 is 5.97 Å². The lowest BCUT2D eigenvalue weighted by Gasteiger charge is -2.57. The first-order valence-corrected chi connectivity index (χ1v) is 6.74. The van der Waals surface area contributed by atoms with Gasteiger partial charge >= 0.3 is 5.97 Å². The van der Waals surface area contributed by atoms with Crippen molar-refractivity contribution in [1.29, 1.82) is 0 Å². The molecule has 0 aromatic rings. The molecule has 1 rings (SSSR count). The minimum atomic E-state index is -0.610. The second-order valence-corrected chi connectivity index (χ2v) is 7.69. The Balaban J connectivity index is 2.96. The van der Waals surface area contributed by atoms with Gasteiger partial charge in [-0.1, -0.05) is 41.5 Å². The standard InChI is InChI=1S/C15H28O2/c1-13(2,3)15(14(4,5)6)9-7-11(8-10-15)12(16)17/h11H,7-10H2,1-6H3,(H,16,17). The molecule has 1 fully saturated rings. The number of hydrogen-bond donors (Lipinski definition) is 1. The Morgan fingerprint density at radius 2 is 1.35 bits per heavy atom. The minimum Gasteiger partial charge on any atom is -0.481 e. The van der Waals surface area contributed by atoms with Crippen molar-refractivity contribution in [3.05, 3.63) is 0 Å². The van der Waals surface area contributed by atoms with Crippen molar-refractivity contribution < 1.29 is 9.90 Å². The van der Waals surface area contributed by atoms with Crippen molar-refractivity contribution in [1.82, 2.24) is 0 Å². The summed E-state index contributed by atoms with van der Waals surface area (Å²) in [7, 11) is 0. The van der Waals surface area contributed by atoms with Gasteiger partial charge in [0, 0.05) is 0 Å². The third-order valence-corrected chi connectivity index (χ3v) is 5.06. The summed E-state index contributed by atoms with van der Waals surface area (Å²) in [5.41, 5.74) is 0.718. The van der Waals surface area contributed by atoms with Gasteiger partial charge in [0.2, 0.25) is 0 Å². The van der Waals surface area contributed by atoms with E-state index in [0.717, 1.165) is 25.7 Å². The van der Waals surface area contributed by atoms with Gasteiger partial charge in [-0.3, -0.25) is 4.79 Å². The van der Waals surface area contributed by atoms with Gasteiger partial charge in [-0.15, -0.1) is 0 Å². The van der Waals surface area contributed by atoms with Gasteiger partial charge in [0.25, 0.3) is 0 Å². The molecular formula is C15H28O2. The van der Waals surface area contributed by atoms with Gasteiger partial charge in [-0.2, -0.15) is 0 Å². The van der Waals surface area contributed by atoms with Gasteiger partial charge < -0.3 is 5.11 Å². The number of carboxylic acids is 1. The molecule has 1 aliphatic rings. The van der Waals surface area contributed by atoms with E-state index in [1.54, 1.807) is 0 Å². The topological polar surface area (TPSA) is 37.3 Å². The van der Waals surface area contributed by atoms with Crippen LogP contribution in [0.5, 0.6) is 0 Å². The highest BCUT2D eigenvalue weighted by Crippen LogP contribution is 2.60. The lowest BCUT2D eigenvalue weighted by Crippen LogP contribution is -2.49. The van der Waals surface area contributed by atoms with Crippen LogP contribution in [0.2, 0.25) is 0 Å². The normalized spacial score (nSPS) is 22.5. The first-order valence-electron chi connectivity index (χ1n) is 6.74. The highest BCUT2D eigenvalue weighted by atomic mass is 16.4. The van der Waals surface area contributed by atoms with Crippen LogP contribution < -0.4 is 0 Å². The van der Waals surface area contributed by atoms with Crippen molar-refractivity contribution in [2.45, 2.75) is 67.2 Å². The van der Waals surface area contributed by atoms with Gasteiger partial charge in [0.1, 0.15) is 0 Å². The van der Waals surface area contributed by atoms with Crippen molar-refractivity contribution in [3.8, 4) is 0 Å². The molecule has 0 atom stereocenters. The number of hydrogen-bond acceptors (Lipinski definition) is 1. The molecule has 100 valence electrons. The number of rotatable bonds is 1. The van der Waals surface area contributed by atoms with E-state index < -0.39 is 5.97 Å². The predicted octanol–water partition coefficient (Wildman–Crippen LogP) is 4.34. The zero-order chi connectivity index (χ0) is 13.5. The van der Waals surface area contributed by atoms with E-state index in [9.17, 15) is 4.79 Å². The van der Waals surface area contributed by atoms with Crippen molar-refractivity contribution in [3.63, 3.8) is 0 Å². The molecule has 0 radical (unpaired) electrons. The molecule has 0 amide bonds. The zero-order valence-corrected chi connectivity index (χ0v) is 12.3. The fraction of sp³-hybridized carbons (Fsp3) is 0.933. The third kappa shape index (κ3) is 2.51. The molecule has 0 aromatic heterocycles. The van der Waals surface area contributed by atoms with Crippen molar-refractivity contribution in [2.24, 2.45) is 22.2 Å². The van der Waals surface area contributed by atoms with Gasteiger partial charge in [-0.05, 0) is 41.9 Å². The van der Waals surface area contributed by atoms with Crippen LogP contribution in [0.3, 0.4) is 0 Å². The summed E-state index contributed by atoms with van der Waals surface area (Å²) >= 11 is 0. The molecule has 1 saturated carbocycles. The maximum atomic E-state index is 11.1. The van der Waals surface area contributed by atoms with Gasteiger partial charge in [0.05, 0.1) is 5.92 Å². The van der Waals surface area contributed by atoms with Crippen LogP contribution in [-0.2, 0) is 4.79 Å². The summed E-state index contributed by atoms with van der Waals surface area (Å²) in [6.07, 6.45) is 3.75. The Bertz CT molecular complexity index is 267. The van der Waals surface area contributed by atoms with E-state index in [1.165, 1.54) is 0 Å². The third-order valence-electron chi connectivity index (χ3n) is 5.06. The maximum absolute atomic E-state index is 11.1. The molecule has 0 heterocycles. The quantitative estimate of drug-likeness (QED) is 0.740. The van der Waals surface area contributed by atoms with E-state index in [1.807, 2.05) is 0 Å². The number of aliphatic carboxylic acids is 1. The van der Waals surface area contributed by atoms with Crippen molar-refractivity contribution in [2.75, 3.05) is 0 Å². The zero-order valence-electron chi connectivity index (χ0n) is 12.3. The predicted molar refractivity (Wildman–Crippen MR) is 70.9 cm³/mol. The lowest BCUT2D eigenvalue weighted by molar-refractivity contribution is -0.147. The molecule has 17 heavy (non-hydrogen) atoms. The summed E-state index contributed by atoms with van der Waals surface area (Å²) in [4.78, 5) is 11.1. The average Bonchev–Trinajstić information content (AvgIpc) is 2.14. The Morgan fingerprint density at radius 3 is 1.59 bits per heavy atom. The summed E-state index contributed by atoms with van der Waals surface area (Å²) in [6, 6.07) is 0. The number of carbonyl (C=O) groups is 1. The summed E-state index contributed by atoms with van der Waals surface area (Å²) in [5.74, 6) is -0.728. The molecule has 2 nitrogen and oxygen atoms in total. The minimum absolute atomic E-state index is 0.118. The second kappa shape index (κ2) is 4.29. The van der Waals surface area contributed by atoms with Crippen LogP contribution in [0.4, 0.5) is 0 Å². The fourth-order valence-corrected chi connectivity index (χ4v) is 3.98. The molecule has 2 heteroatoms. The molecule has 0 spiro atoms. The smallest absolute Gasteiger partial charge is 0.306 e. The highest BCUT2D eigenvalue weighted by Gasteiger charge is 2.52. The Hall–Kier alpha value is -0.530. The van der Waals surface area contributed by atoms with E-state index in [2.05, 4.69) is 41.5 Å². The second-order valence-electron chi connectivity index (χ2n) is 7.69. The largest absolute Gasteiger partial charge is 0.481 e. The van der Waals surface area contributed by atoms with E-state index in [0.29, 0.717) is 0 Å². The monoisotopic (exact) mass is 240 g/mol. The van der Waals surface area contributed by atoms with Gasteiger partial charge in [0.15, 0.2) is 0 Å². The van der Waals surface area contributed by atoms with Gasteiger partial charge in [-0.25, -0.2) is 0 Å². The molecule has 0 aromatic carbocycles. The average molecular weight is 240 g/mol. The molecule has 0 unspecified atom stereocenters. The first-order chi connectivity index (χ1) is 7.51. The van der Waals surface area contributed by atoms with E-state index in [4.69, 9.17) is 5.11 Å². The van der Waals surface area contributed by atoms with Crippen LogP contribution in [0, 0.1) is 22.2 Å². The molecule has 1 N–H and O–H groups in total. The van der Waals surface area contributed by atoms with E-state index in [-0.39, 0.29) is 22.2 Å². The Kier molecular flexibility index (Phi) is 3.67. The number of carboxylic acid groups (broad SMARTS) is 1. The molecule has 0 bridgehead atoms. The van der Waals surface area contributed by atoms with Crippen LogP contribution in [0.1, 0.15) is 67.2 Å². The molecular weight excluding hydrogens is 212 g/mol. The van der Waals surface area contributed by atoms with Crippen LogP contribution in [0.15, 0.2) is 0 Å². The summed E-state index contributed by atoms with van der Waals surface area (Å²) < 4.78 is 0. The molecule has 1 aliphatic carbocycles. The molecule has 0 saturated heterocycles. The SMILES string of the molecule is CC(C)(C)C1(C(C)(C)C)CCC(C(=O)O)CC1. The van der Waals surface area contributed by atoms with E-state index >= 15 is 0 Å². The van der Waals surface area contributed by atoms with Crippen LogP contribution in [0.25, 0.3) is 0 Å². The summed E-state index contributed by atoms with van der Waals surface area (Å²) in [5, 5.41) is 9.11. The first kappa shape index (κ1) is 14.5. The fourth-order valence-electron chi connectivity index (χ4n) is 3.98.